The molecule has 0 saturated heterocycles. The molecule has 1 N–H and O–H groups in total. The molecule has 0 unspecified atom stereocenters. The number of nitrogens with one attached hydrogen (secondary N) is 1. The fourth-order valence-electron chi connectivity index (χ4n) is 2.36. The van der Waals surface area contributed by atoms with E-state index in [1.807, 2.05) is 62.4 Å². The van der Waals surface area contributed by atoms with Gasteiger partial charge in [0.2, 0.25) is 0 Å². The minimum Gasteiger partial charge on any atom is -0.449 e. The van der Waals surface area contributed by atoms with Crippen molar-refractivity contribution in [1.82, 2.24) is 4.98 Å². The lowest BCUT2D eigenvalue weighted by atomic mass is 10.1. The van der Waals surface area contributed by atoms with Crippen LogP contribution in [0.4, 0.5) is 10.5 Å². The number of ether oxygens (including phenoxy) is 1. The van der Waals surface area contributed by atoms with Crippen molar-refractivity contribution in [2.45, 2.75) is 13.8 Å². The highest BCUT2D eigenvalue weighted by molar-refractivity contribution is 6.11. The number of benzene rings is 2. The van der Waals surface area contributed by atoms with Gasteiger partial charge in [0.1, 0.15) is 0 Å². The first-order valence-electron chi connectivity index (χ1n) is 7.36. The number of pyridine rings is 1. The molecule has 3 rings (SSSR count). The molecule has 22 heavy (non-hydrogen) atoms. The van der Waals surface area contributed by atoms with E-state index in [-0.39, 0.29) is 0 Å². The second-order valence-electron chi connectivity index (χ2n) is 5.64. The van der Waals surface area contributed by atoms with Crippen molar-refractivity contribution in [3.8, 4) is 0 Å². The average molecular weight is 294 g/mol. The van der Waals surface area contributed by atoms with E-state index in [9.17, 15) is 4.79 Å². The Balaban J connectivity index is 2.06. The highest BCUT2D eigenvalue weighted by Gasteiger charge is 2.12. The predicted octanol–water partition coefficient (Wildman–Crippen LogP) is 4.59. The summed E-state index contributed by atoms with van der Waals surface area (Å²) in [5.74, 6) is 0.302. The molecule has 0 aliphatic heterocycles. The molecule has 1 heterocycles. The van der Waals surface area contributed by atoms with Crippen LogP contribution in [-0.2, 0) is 4.74 Å². The third kappa shape index (κ3) is 2.86. The molecule has 4 heteroatoms. The van der Waals surface area contributed by atoms with Crippen molar-refractivity contribution in [3.05, 3.63) is 48.5 Å². The highest BCUT2D eigenvalue weighted by Crippen LogP contribution is 2.30. The maximum atomic E-state index is 12.1. The second-order valence-corrected chi connectivity index (χ2v) is 5.64. The highest BCUT2D eigenvalue weighted by atomic mass is 16.5. The molecule has 0 bridgehead atoms. The molecule has 1 aromatic heterocycles. The van der Waals surface area contributed by atoms with E-state index in [0.717, 1.165) is 27.5 Å². The van der Waals surface area contributed by atoms with Gasteiger partial charge < -0.3 is 4.74 Å². The van der Waals surface area contributed by atoms with E-state index >= 15 is 0 Å². The summed E-state index contributed by atoms with van der Waals surface area (Å²) < 4.78 is 5.23. The van der Waals surface area contributed by atoms with Gasteiger partial charge in [-0.3, -0.25) is 5.32 Å². The minimum atomic E-state index is -0.435. The van der Waals surface area contributed by atoms with Gasteiger partial charge >= 0.3 is 6.09 Å². The number of para-hydroxylation sites is 2. The normalized spacial score (nSPS) is 11.0. The molecule has 112 valence electrons. The summed E-state index contributed by atoms with van der Waals surface area (Å²) in [5.41, 5.74) is 2.44. The number of aromatic nitrogens is 1. The summed E-state index contributed by atoms with van der Waals surface area (Å²) in [5, 5.41) is 4.69. The van der Waals surface area contributed by atoms with E-state index in [2.05, 4.69) is 10.3 Å². The summed E-state index contributed by atoms with van der Waals surface area (Å²) in [6.45, 7) is 4.40. The quantitative estimate of drug-likeness (QED) is 0.719. The smallest absolute Gasteiger partial charge is 0.411 e. The van der Waals surface area contributed by atoms with Crippen LogP contribution in [0.2, 0.25) is 0 Å². The standard InChI is InChI=1S/C18H18N2O2/c1-12(2)11-22-18(21)20-17-13-7-3-5-9-15(13)19-16-10-6-4-8-14(16)17/h3-10,12H,11H2,1-2H3,(H,19,20,21). The van der Waals surface area contributed by atoms with E-state index < -0.39 is 6.09 Å². The van der Waals surface area contributed by atoms with Crippen LogP contribution in [0.25, 0.3) is 21.8 Å². The number of amides is 1. The largest absolute Gasteiger partial charge is 0.449 e. The predicted molar refractivity (Wildman–Crippen MR) is 89.1 cm³/mol. The Morgan fingerprint density at radius 2 is 1.59 bits per heavy atom. The van der Waals surface area contributed by atoms with Gasteiger partial charge in [-0.25, -0.2) is 9.78 Å². The Morgan fingerprint density at radius 3 is 2.14 bits per heavy atom. The molecule has 4 nitrogen and oxygen atoms in total. The lowest BCUT2D eigenvalue weighted by Gasteiger charge is -2.13. The number of carbonyl (C=O) groups is 1. The van der Waals surface area contributed by atoms with Crippen molar-refractivity contribution in [1.29, 1.82) is 0 Å². The van der Waals surface area contributed by atoms with Gasteiger partial charge in [-0.05, 0) is 18.1 Å². The molecule has 0 spiro atoms. The molecule has 1 amide bonds. The zero-order chi connectivity index (χ0) is 15.5. The molecule has 3 aromatic rings. The van der Waals surface area contributed by atoms with E-state index in [1.165, 1.54) is 0 Å². The SMILES string of the molecule is CC(C)COC(=O)Nc1c2ccccc2nc2ccccc12. The lowest BCUT2D eigenvalue weighted by molar-refractivity contribution is 0.147. The lowest BCUT2D eigenvalue weighted by Crippen LogP contribution is -2.17. The number of carbonyl (C=O) groups excluding carboxylic acids is 1. The van der Waals surface area contributed by atoms with Crippen LogP contribution in [0.5, 0.6) is 0 Å². The van der Waals surface area contributed by atoms with E-state index in [1.54, 1.807) is 0 Å². The summed E-state index contributed by atoms with van der Waals surface area (Å²) in [4.78, 5) is 16.7. The van der Waals surface area contributed by atoms with Crippen LogP contribution in [0.3, 0.4) is 0 Å². The average Bonchev–Trinajstić information content (AvgIpc) is 2.52. The fraction of sp³-hybridized carbons (Fsp3) is 0.222. The molecule has 0 radical (unpaired) electrons. The molecular weight excluding hydrogens is 276 g/mol. The van der Waals surface area contributed by atoms with Crippen molar-refractivity contribution >= 4 is 33.6 Å². The summed E-state index contributed by atoms with van der Waals surface area (Å²) in [7, 11) is 0. The molecule has 0 saturated carbocycles. The Hall–Kier alpha value is -2.62. The molecular formula is C18H18N2O2. The molecule has 0 aliphatic carbocycles. The van der Waals surface area contributed by atoms with E-state index in [4.69, 9.17) is 4.74 Å². The van der Waals surface area contributed by atoms with Crippen molar-refractivity contribution in [2.24, 2.45) is 5.92 Å². The molecule has 2 aromatic carbocycles. The van der Waals surface area contributed by atoms with Crippen molar-refractivity contribution < 1.29 is 9.53 Å². The number of fused-ring (bicyclic) bond motifs is 2. The van der Waals surface area contributed by atoms with Gasteiger partial charge in [0, 0.05) is 10.8 Å². The summed E-state index contributed by atoms with van der Waals surface area (Å²) in [6, 6.07) is 15.5. The second kappa shape index (κ2) is 6.02. The Morgan fingerprint density at radius 1 is 1.05 bits per heavy atom. The van der Waals surface area contributed by atoms with E-state index in [0.29, 0.717) is 12.5 Å². The number of rotatable bonds is 3. The van der Waals surface area contributed by atoms with Gasteiger partial charge in [0.15, 0.2) is 0 Å². The first kappa shape index (κ1) is 14.3. The summed E-state index contributed by atoms with van der Waals surface area (Å²) >= 11 is 0. The van der Waals surface area contributed by atoms with Crippen LogP contribution in [0.1, 0.15) is 13.8 Å². The topological polar surface area (TPSA) is 51.2 Å². The minimum absolute atomic E-state index is 0.302. The van der Waals surface area contributed by atoms with Crippen LogP contribution in [0, 0.1) is 5.92 Å². The molecule has 0 aliphatic rings. The number of hydrogen-bond acceptors (Lipinski definition) is 3. The maximum absolute atomic E-state index is 12.1. The molecule has 0 atom stereocenters. The first-order valence-corrected chi connectivity index (χ1v) is 7.36. The fourth-order valence-corrected chi connectivity index (χ4v) is 2.36. The Kier molecular flexibility index (Phi) is 3.92. The van der Waals surface area contributed by atoms with Gasteiger partial charge in [0.25, 0.3) is 0 Å². The van der Waals surface area contributed by atoms with Crippen LogP contribution in [0.15, 0.2) is 48.5 Å². The monoisotopic (exact) mass is 294 g/mol. The van der Waals surface area contributed by atoms with Gasteiger partial charge in [-0.1, -0.05) is 50.2 Å². The number of anilines is 1. The zero-order valence-electron chi connectivity index (χ0n) is 12.7. The Bertz CT molecular complexity index is 774. The first-order chi connectivity index (χ1) is 10.6. The van der Waals surface area contributed by atoms with Gasteiger partial charge in [-0.2, -0.15) is 0 Å². The molecule has 0 fully saturated rings. The number of hydrogen-bond donors (Lipinski definition) is 1. The van der Waals surface area contributed by atoms with Crippen molar-refractivity contribution in [3.63, 3.8) is 0 Å². The Labute approximate surface area is 129 Å². The van der Waals surface area contributed by atoms with Crippen molar-refractivity contribution in [2.75, 3.05) is 11.9 Å². The van der Waals surface area contributed by atoms with Gasteiger partial charge in [0.05, 0.1) is 23.3 Å². The van der Waals surface area contributed by atoms with Crippen LogP contribution in [-0.4, -0.2) is 17.7 Å². The number of nitrogens with zero attached hydrogens (tertiary/aromatic N) is 1. The van der Waals surface area contributed by atoms with Crippen LogP contribution >= 0.6 is 0 Å². The third-order valence-corrected chi connectivity index (χ3v) is 3.36. The van der Waals surface area contributed by atoms with Crippen LogP contribution < -0.4 is 5.32 Å². The summed E-state index contributed by atoms with van der Waals surface area (Å²) in [6.07, 6.45) is -0.435. The maximum Gasteiger partial charge on any atom is 0.411 e. The van der Waals surface area contributed by atoms with Gasteiger partial charge in [-0.15, -0.1) is 0 Å². The third-order valence-electron chi connectivity index (χ3n) is 3.36. The zero-order valence-corrected chi connectivity index (χ0v) is 12.7.